The molecule has 0 saturated carbocycles. The van der Waals surface area contributed by atoms with E-state index in [1.165, 1.54) is 11.4 Å². The molecule has 0 spiro atoms. The first-order chi connectivity index (χ1) is 19.9. The van der Waals surface area contributed by atoms with Crippen LogP contribution in [-0.4, -0.2) is 72.6 Å². The monoisotopic (exact) mass is 555 g/mol. The first kappa shape index (κ1) is 26.6. The Bertz CT molecular complexity index is 1390. The molecule has 7 rings (SSSR count). The molecule has 0 unspecified atom stereocenters. The summed E-state index contributed by atoms with van der Waals surface area (Å²) in [6.45, 7) is 12.8. The predicted octanol–water partition coefficient (Wildman–Crippen LogP) is 4.90. The quantitative estimate of drug-likeness (QED) is 0.457. The van der Waals surface area contributed by atoms with Crippen LogP contribution in [0, 0.1) is 0 Å². The highest BCUT2D eigenvalue weighted by atomic mass is 16.5. The number of rotatable bonds is 5. The average Bonchev–Trinajstić information content (AvgIpc) is 3.25. The molecule has 3 fully saturated rings. The molecule has 3 saturated heterocycles. The number of pyridine rings is 1. The van der Waals surface area contributed by atoms with Gasteiger partial charge in [0.1, 0.15) is 11.6 Å². The van der Waals surface area contributed by atoms with Crippen LogP contribution >= 0.6 is 0 Å². The molecule has 0 radical (unpaired) electrons. The van der Waals surface area contributed by atoms with E-state index in [-0.39, 0.29) is 17.1 Å². The molecule has 4 aliphatic rings. The van der Waals surface area contributed by atoms with Crippen LogP contribution in [0.2, 0.25) is 0 Å². The highest BCUT2D eigenvalue weighted by molar-refractivity contribution is 5.71. The van der Waals surface area contributed by atoms with Gasteiger partial charge in [-0.2, -0.15) is 4.98 Å². The Morgan fingerprint density at radius 2 is 1.76 bits per heavy atom. The zero-order valence-electron chi connectivity index (χ0n) is 24.4. The molecular weight excluding hydrogens is 514 g/mol. The van der Waals surface area contributed by atoms with Gasteiger partial charge in [-0.15, -0.1) is 0 Å². The number of hydrogen-bond acceptors (Lipinski definition) is 9. The molecule has 2 aromatic heterocycles. The summed E-state index contributed by atoms with van der Waals surface area (Å²) in [4.78, 5) is 19.9. The standard InChI is InChI=1S/C32H41N7O2/c1-31(2)19-27-32(3,21-41-31)25-20-34-30(35-23-7-9-24(10-8-23)38-15-17-40-18-16-38)37-29(25)39(27)28-6-4-5-26(36-28)22-11-13-33-14-12-22/h4-10,20,22,27,33H,11-19,21H2,1-3H3,(H,34,35,37)/t27-,32-/m1/s1. The fourth-order valence-corrected chi connectivity index (χ4v) is 6.89. The van der Waals surface area contributed by atoms with E-state index in [2.05, 4.69) is 83.7 Å². The van der Waals surface area contributed by atoms with Crippen molar-refractivity contribution in [3.05, 3.63) is 59.9 Å². The highest BCUT2D eigenvalue weighted by Crippen LogP contribution is 2.53. The van der Waals surface area contributed by atoms with Gasteiger partial charge in [-0.1, -0.05) is 13.0 Å². The van der Waals surface area contributed by atoms with Crippen LogP contribution in [0.4, 0.5) is 29.0 Å². The number of piperidine rings is 1. The molecule has 41 heavy (non-hydrogen) atoms. The van der Waals surface area contributed by atoms with Gasteiger partial charge in [0.25, 0.3) is 0 Å². The van der Waals surface area contributed by atoms with Crippen molar-refractivity contribution in [1.29, 1.82) is 0 Å². The molecular formula is C32H41N7O2. The minimum absolute atomic E-state index is 0.175. The van der Waals surface area contributed by atoms with Crippen molar-refractivity contribution < 1.29 is 9.47 Å². The van der Waals surface area contributed by atoms with E-state index in [0.717, 1.165) is 81.5 Å². The molecule has 0 amide bonds. The first-order valence-electron chi connectivity index (χ1n) is 15.1. The second kappa shape index (κ2) is 10.5. The van der Waals surface area contributed by atoms with E-state index in [4.69, 9.17) is 24.4 Å². The summed E-state index contributed by atoms with van der Waals surface area (Å²) in [6.07, 6.45) is 5.12. The van der Waals surface area contributed by atoms with Crippen LogP contribution in [0.5, 0.6) is 0 Å². The minimum Gasteiger partial charge on any atom is -0.378 e. The second-order valence-electron chi connectivity index (χ2n) is 12.7. The Hall–Kier alpha value is -3.27. The maximum absolute atomic E-state index is 6.39. The lowest BCUT2D eigenvalue weighted by molar-refractivity contribution is -0.0893. The fraction of sp³-hybridized carbons (Fsp3) is 0.531. The number of hydrogen-bond donors (Lipinski definition) is 2. The Kier molecular flexibility index (Phi) is 6.84. The first-order valence-corrected chi connectivity index (χ1v) is 15.1. The van der Waals surface area contributed by atoms with E-state index in [9.17, 15) is 0 Å². The van der Waals surface area contributed by atoms with Crippen molar-refractivity contribution >= 4 is 29.0 Å². The van der Waals surface area contributed by atoms with Gasteiger partial charge in [0.15, 0.2) is 0 Å². The molecule has 0 aliphatic carbocycles. The van der Waals surface area contributed by atoms with E-state index in [0.29, 0.717) is 18.5 Å². The van der Waals surface area contributed by atoms with Gasteiger partial charge < -0.3 is 29.9 Å². The third-order valence-corrected chi connectivity index (χ3v) is 9.37. The third-order valence-electron chi connectivity index (χ3n) is 9.37. The van der Waals surface area contributed by atoms with Crippen LogP contribution in [0.3, 0.4) is 0 Å². The molecule has 6 heterocycles. The lowest BCUT2D eigenvalue weighted by Crippen LogP contribution is -2.54. The summed E-state index contributed by atoms with van der Waals surface area (Å²) in [6, 6.07) is 15.2. The zero-order valence-corrected chi connectivity index (χ0v) is 24.4. The van der Waals surface area contributed by atoms with Gasteiger partial charge in [-0.25, -0.2) is 9.97 Å². The van der Waals surface area contributed by atoms with Crippen LogP contribution in [-0.2, 0) is 14.9 Å². The summed E-state index contributed by atoms with van der Waals surface area (Å²) in [5.41, 5.74) is 4.02. The van der Waals surface area contributed by atoms with Gasteiger partial charge >= 0.3 is 0 Å². The summed E-state index contributed by atoms with van der Waals surface area (Å²) in [7, 11) is 0. The van der Waals surface area contributed by atoms with Gasteiger partial charge in [0, 0.05) is 53.3 Å². The Morgan fingerprint density at radius 3 is 2.54 bits per heavy atom. The van der Waals surface area contributed by atoms with Gasteiger partial charge in [-0.3, -0.25) is 0 Å². The molecule has 1 aromatic carbocycles. The largest absolute Gasteiger partial charge is 0.378 e. The summed E-state index contributed by atoms with van der Waals surface area (Å²) in [5.74, 6) is 2.97. The Balaban J connectivity index is 1.22. The average molecular weight is 556 g/mol. The maximum atomic E-state index is 6.39. The smallest absolute Gasteiger partial charge is 0.229 e. The molecule has 2 N–H and O–H groups in total. The topological polar surface area (TPSA) is 87.7 Å². The fourth-order valence-electron chi connectivity index (χ4n) is 6.89. The van der Waals surface area contributed by atoms with Crippen molar-refractivity contribution in [3.63, 3.8) is 0 Å². The molecule has 4 aliphatic heterocycles. The number of fused-ring (bicyclic) bond motifs is 3. The number of nitrogens with zero attached hydrogens (tertiary/aromatic N) is 5. The van der Waals surface area contributed by atoms with Crippen LogP contribution in [0.25, 0.3) is 0 Å². The summed E-state index contributed by atoms with van der Waals surface area (Å²) >= 11 is 0. The lowest BCUT2D eigenvalue weighted by atomic mass is 9.73. The number of benzene rings is 1. The van der Waals surface area contributed by atoms with Crippen molar-refractivity contribution in [3.8, 4) is 0 Å². The Labute approximate surface area is 242 Å². The van der Waals surface area contributed by atoms with Crippen LogP contribution < -0.4 is 20.4 Å². The molecule has 9 nitrogen and oxygen atoms in total. The van der Waals surface area contributed by atoms with Gasteiger partial charge in [0.05, 0.1) is 31.5 Å². The Morgan fingerprint density at radius 1 is 0.976 bits per heavy atom. The number of anilines is 5. The number of aromatic nitrogens is 3. The van der Waals surface area contributed by atoms with E-state index >= 15 is 0 Å². The molecule has 0 bridgehead atoms. The van der Waals surface area contributed by atoms with E-state index < -0.39 is 0 Å². The third kappa shape index (κ3) is 5.04. The van der Waals surface area contributed by atoms with Crippen LogP contribution in [0.1, 0.15) is 57.2 Å². The van der Waals surface area contributed by atoms with Crippen molar-refractivity contribution in [2.75, 3.05) is 61.1 Å². The van der Waals surface area contributed by atoms with Crippen molar-refractivity contribution in [2.45, 2.75) is 63.0 Å². The SMILES string of the molecule is CC1(C)C[C@H]2N(c3cccc(C4CCNCC4)n3)c3nc(Nc4ccc(N5CCOCC5)cc4)ncc3[C@@]2(C)CO1. The van der Waals surface area contributed by atoms with Crippen LogP contribution in [0.15, 0.2) is 48.7 Å². The normalized spacial score (nSPS) is 26.0. The highest BCUT2D eigenvalue weighted by Gasteiger charge is 2.55. The van der Waals surface area contributed by atoms with Crippen molar-refractivity contribution in [1.82, 2.24) is 20.3 Å². The molecule has 3 aromatic rings. The van der Waals surface area contributed by atoms with Gasteiger partial charge in [-0.05, 0) is 82.6 Å². The number of ether oxygens (including phenoxy) is 2. The van der Waals surface area contributed by atoms with Gasteiger partial charge in [0.2, 0.25) is 5.95 Å². The maximum Gasteiger partial charge on any atom is 0.229 e. The van der Waals surface area contributed by atoms with Crippen molar-refractivity contribution in [2.24, 2.45) is 0 Å². The summed E-state index contributed by atoms with van der Waals surface area (Å²) < 4.78 is 11.9. The summed E-state index contributed by atoms with van der Waals surface area (Å²) in [5, 5.41) is 6.94. The lowest BCUT2D eigenvalue weighted by Gasteiger charge is -2.46. The number of nitrogens with one attached hydrogen (secondary N) is 2. The molecule has 2 atom stereocenters. The molecule has 9 heteroatoms. The minimum atomic E-state index is -0.228. The molecule has 216 valence electrons. The van der Waals surface area contributed by atoms with E-state index in [1.807, 2.05) is 6.20 Å². The van der Waals surface area contributed by atoms with E-state index in [1.54, 1.807) is 0 Å². The predicted molar refractivity (Wildman–Crippen MR) is 162 cm³/mol. The number of morpholine rings is 1. The second-order valence-corrected chi connectivity index (χ2v) is 12.7. The zero-order chi connectivity index (χ0) is 28.0.